The number of benzene rings is 1. The Morgan fingerprint density at radius 1 is 1.28 bits per heavy atom. The van der Waals surface area contributed by atoms with Gasteiger partial charge >= 0.3 is 12.1 Å². The highest BCUT2D eigenvalue weighted by Crippen LogP contribution is 2.32. The van der Waals surface area contributed by atoms with Gasteiger partial charge in [-0.1, -0.05) is 6.07 Å². The number of alkyl halides is 3. The summed E-state index contributed by atoms with van der Waals surface area (Å²) in [6.07, 6.45) is -5.59. The van der Waals surface area contributed by atoms with Crippen molar-refractivity contribution in [2.45, 2.75) is 12.6 Å². The van der Waals surface area contributed by atoms with Crippen molar-refractivity contribution in [3.8, 4) is 0 Å². The fraction of sp³-hybridized carbons (Fsp3) is 0.273. The number of esters is 1. The van der Waals surface area contributed by atoms with E-state index in [2.05, 4.69) is 4.74 Å². The second-order valence-corrected chi connectivity index (χ2v) is 3.39. The van der Waals surface area contributed by atoms with Crippen LogP contribution in [-0.4, -0.2) is 18.9 Å². The molecule has 7 heteroatoms. The fourth-order valence-corrected chi connectivity index (χ4v) is 1.33. The number of hydrogen-bond donors (Lipinski definition) is 0. The minimum Gasteiger partial charge on any atom is -0.463 e. The highest BCUT2D eigenvalue weighted by molar-refractivity contribution is 6.34. The molecule has 0 radical (unpaired) electrons. The van der Waals surface area contributed by atoms with Gasteiger partial charge in [-0.25, -0.2) is 9.18 Å². The molecule has 0 heterocycles. The number of hydrogen-bond acceptors (Lipinski definition) is 3. The minimum absolute atomic E-state index is 0.278. The van der Waals surface area contributed by atoms with Crippen LogP contribution in [0.3, 0.4) is 0 Å². The average molecular weight is 264 g/mol. The molecule has 0 saturated heterocycles. The maximum atomic E-state index is 12.8. The zero-order chi connectivity index (χ0) is 13.9. The Labute approximate surface area is 99.4 Å². The van der Waals surface area contributed by atoms with E-state index in [0.29, 0.717) is 0 Å². The molecule has 0 spiro atoms. The first kappa shape index (κ1) is 14.1. The molecule has 0 aliphatic carbocycles. The van der Waals surface area contributed by atoms with Gasteiger partial charge in [0.25, 0.3) is 0 Å². The first-order chi connectivity index (χ1) is 8.25. The van der Waals surface area contributed by atoms with Gasteiger partial charge in [0.1, 0.15) is 5.82 Å². The molecule has 1 aromatic carbocycles. The van der Waals surface area contributed by atoms with E-state index in [4.69, 9.17) is 0 Å². The second kappa shape index (κ2) is 5.16. The second-order valence-electron chi connectivity index (χ2n) is 3.39. The molecule has 0 aliphatic rings. The van der Waals surface area contributed by atoms with Crippen molar-refractivity contribution >= 4 is 11.8 Å². The fourth-order valence-electron chi connectivity index (χ4n) is 1.33. The lowest BCUT2D eigenvalue weighted by atomic mass is 10.0. The topological polar surface area (TPSA) is 43.4 Å². The molecule has 1 rings (SSSR count). The molecule has 0 N–H and O–H groups in total. The monoisotopic (exact) mass is 264 g/mol. The molecule has 0 aromatic heterocycles. The first-order valence-corrected chi connectivity index (χ1v) is 4.72. The first-order valence-electron chi connectivity index (χ1n) is 4.72. The summed E-state index contributed by atoms with van der Waals surface area (Å²) in [7, 11) is 0.940. The third-order valence-electron chi connectivity index (χ3n) is 2.14. The van der Waals surface area contributed by atoms with Gasteiger partial charge in [0.15, 0.2) is 0 Å². The average Bonchev–Trinajstić information content (AvgIpc) is 2.28. The Balaban J connectivity index is 3.10. The van der Waals surface area contributed by atoms with Crippen LogP contribution < -0.4 is 0 Å². The molecule has 0 saturated carbocycles. The van der Waals surface area contributed by atoms with Crippen molar-refractivity contribution in [3.63, 3.8) is 0 Å². The van der Waals surface area contributed by atoms with Crippen LogP contribution in [0, 0.1) is 5.82 Å². The maximum Gasteiger partial charge on any atom is 0.416 e. The molecule has 18 heavy (non-hydrogen) atoms. The van der Waals surface area contributed by atoms with Crippen LogP contribution >= 0.6 is 0 Å². The van der Waals surface area contributed by atoms with E-state index in [1.165, 1.54) is 0 Å². The maximum absolute atomic E-state index is 12.8. The van der Waals surface area contributed by atoms with Crippen molar-refractivity contribution in [3.05, 3.63) is 35.1 Å². The lowest BCUT2D eigenvalue weighted by Gasteiger charge is -2.11. The Kier molecular flexibility index (Phi) is 4.05. The smallest absolute Gasteiger partial charge is 0.416 e. The summed E-state index contributed by atoms with van der Waals surface area (Å²) in [5, 5.41) is 0. The van der Waals surface area contributed by atoms with Crippen LogP contribution in [0.5, 0.6) is 0 Å². The molecular formula is C11H8F4O3. The van der Waals surface area contributed by atoms with Gasteiger partial charge in [-0.15, -0.1) is 0 Å². The van der Waals surface area contributed by atoms with Crippen molar-refractivity contribution in [2.24, 2.45) is 0 Å². The highest BCUT2D eigenvalue weighted by atomic mass is 19.4. The van der Waals surface area contributed by atoms with Gasteiger partial charge in [0, 0.05) is 6.42 Å². The lowest BCUT2D eigenvalue weighted by Crippen LogP contribution is -2.20. The molecule has 0 atom stereocenters. The lowest BCUT2D eigenvalue weighted by molar-refractivity contribution is -0.151. The summed E-state index contributed by atoms with van der Waals surface area (Å²) in [5.74, 6) is -3.45. The van der Waals surface area contributed by atoms with Crippen LogP contribution in [0.15, 0.2) is 18.2 Å². The van der Waals surface area contributed by atoms with E-state index >= 15 is 0 Å². The normalized spacial score (nSPS) is 11.2. The number of carbonyl (C=O) groups excluding carboxylic acids is 2. The number of rotatable bonds is 3. The summed E-state index contributed by atoms with van der Waals surface area (Å²) < 4.78 is 54.6. The Morgan fingerprint density at radius 3 is 2.39 bits per heavy atom. The van der Waals surface area contributed by atoms with E-state index < -0.39 is 41.3 Å². The van der Waals surface area contributed by atoms with Crippen molar-refractivity contribution < 1.29 is 31.9 Å². The van der Waals surface area contributed by atoms with Gasteiger partial charge < -0.3 is 4.74 Å². The number of Topliss-reactive ketones (excluding diaryl/α,β-unsaturated/α-hetero) is 1. The summed E-state index contributed by atoms with van der Waals surface area (Å²) in [6.45, 7) is 0. The molecule has 3 nitrogen and oxygen atoms in total. The third kappa shape index (κ3) is 3.28. The molecule has 98 valence electrons. The van der Waals surface area contributed by atoms with Crippen LogP contribution in [0.2, 0.25) is 0 Å². The molecule has 1 aromatic rings. The molecule has 0 bridgehead atoms. The van der Waals surface area contributed by atoms with Crippen LogP contribution in [-0.2, 0) is 26.9 Å². The van der Waals surface area contributed by atoms with E-state index in [0.717, 1.165) is 19.2 Å². The van der Waals surface area contributed by atoms with Gasteiger partial charge in [-0.2, -0.15) is 13.2 Å². The molecular weight excluding hydrogens is 256 g/mol. The van der Waals surface area contributed by atoms with Crippen molar-refractivity contribution in [2.75, 3.05) is 7.11 Å². The summed E-state index contributed by atoms with van der Waals surface area (Å²) >= 11 is 0. The Bertz CT molecular complexity index is 480. The highest BCUT2D eigenvalue weighted by Gasteiger charge is 2.34. The summed E-state index contributed by atoms with van der Waals surface area (Å²) in [4.78, 5) is 22.0. The molecule has 0 amide bonds. The van der Waals surface area contributed by atoms with Crippen LogP contribution in [0.1, 0.15) is 11.1 Å². The van der Waals surface area contributed by atoms with Gasteiger partial charge in [0.2, 0.25) is 5.78 Å². The minimum atomic E-state index is -4.80. The number of ether oxygens (including phenoxy) is 1. The van der Waals surface area contributed by atoms with E-state index in [1.807, 2.05) is 0 Å². The van der Waals surface area contributed by atoms with E-state index in [1.54, 1.807) is 0 Å². The summed E-state index contributed by atoms with van der Waals surface area (Å²) in [5.41, 5.74) is -1.75. The molecule has 0 aliphatic heterocycles. The van der Waals surface area contributed by atoms with E-state index in [9.17, 15) is 27.2 Å². The number of carbonyl (C=O) groups is 2. The Morgan fingerprint density at radius 2 is 1.89 bits per heavy atom. The number of methoxy groups -OCH3 is 1. The number of ketones is 1. The standard InChI is InChI=1S/C11H8F4O3/c1-18-10(17)9(16)4-6-2-3-7(12)5-8(6)11(13,14)15/h2-3,5H,4H2,1H3. The van der Waals surface area contributed by atoms with Gasteiger partial charge in [-0.05, 0) is 17.7 Å². The van der Waals surface area contributed by atoms with Crippen molar-refractivity contribution in [1.82, 2.24) is 0 Å². The zero-order valence-corrected chi connectivity index (χ0v) is 9.18. The quantitative estimate of drug-likeness (QED) is 0.477. The van der Waals surface area contributed by atoms with Crippen LogP contribution in [0.25, 0.3) is 0 Å². The SMILES string of the molecule is COC(=O)C(=O)Cc1ccc(F)cc1C(F)(F)F. The van der Waals surface area contributed by atoms with Crippen LogP contribution in [0.4, 0.5) is 17.6 Å². The summed E-state index contributed by atoms with van der Waals surface area (Å²) in [6, 6.07) is 1.88. The third-order valence-corrected chi connectivity index (χ3v) is 2.14. The largest absolute Gasteiger partial charge is 0.463 e. The molecule has 0 unspecified atom stereocenters. The van der Waals surface area contributed by atoms with E-state index in [-0.39, 0.29) is 6.07 Å². The molecule has 0 fully saturated rings. The van der Waals surface area contributed by atoms with Crippen molar-refractivity contribution in [1.29, 1.82) is 0 Å². The van der Waals surface area contributed by atoms with Gasteiger partial charge in [-0.3, -0.25) is 4.79 Å². The number of halogens is 4. The van der Waals surface area contributed by atoms with Gasteiger partial charge in [0.05, 0.1) is 12.7 Å². The Hall–Kier alpha value is -1.92. The zero-order valence-electron chi connectivity index (χ0n) is 9.18. The predicted octanol–water partition coefficient (Wildman–Crippen LogP) is 2.13. The predicted molar refractivity (Wildman–Crippen MR) is 52.1 cm³/mol.